The third-order valence-electron chi connectivity index (χ3n) is 4.43. The Morgan fingerprint density at radius 3 is 2.08 bits per heavy atom. The molecule has 0 radical (unpaired) electrons. The van der Waals surface area contributed by atoms with Crippen molar-refractivity contribution in [3.8, 4) is 17.2 Å². The number of methoxy groups -OCH3 is 4. The van der Waals surface area contributed by atoms with Crippen LogP contribution in [-0.2, 0) is 4.74 Å². The molecule has 132 valence electrons. The van der Waals surface area contributed by atoms with Gasteiger partial charge in [0, 0.05) is 29.3 Å². The Morgan fingerprint density at radius 1 is 0.880 bits per heavy atom. The largest absolute Gasteiger partial charge is 0.493 e. The second-order valence-electron chi connectivity index (χ2n) is 5.78. The fraction of sp³-hybridized carbons (Fsp3) is 0.300. The SMILES string of the molecule is COc1cc([C@H](OC)c2c(C)[nH]c3ccccc23)cc(OC)c1OC. The van der Waals surface area contributed by atoms with E-state index in [2.05, 4.69) is 24.0 Å². The van der Waals surface area contributed by atoms with Crippen LogP contribution in [0.5, 0.6) is 17.2 Å². The van der Waals surface area contributed by atoms with Gasteiger partial charge in [-0.1, -0.05) is 18.2 Å². The summed E-state index contributed by atoms with van der Waals surface area (Å²) in [6.45, 7) is 2.05. The minimum Gasteiger partial charge on any atom is -0.493 e. The van der Waals surface area contributed by atoms with Crippen LogP contribution in [-0.4, -0.2) is 33.4 Å². The Morgan fingerprint density at radius 2 is 1.52 bits per heavy atom. The highest BCUT2D eigenvalue weighted by atomic mass is 16.5. The maximum Gasteiger partial charge on any atom is 0.203 e. The summed E-state index contributed by atoms with van der Waals surface area (Å²) >= 11 is 0. The molecule has 1 atom stereocenters. The van der Waals surface area contributed by atoms with Gasteiger partial charge < -0.3 is 23.9 Å². The van der Waals surface area contributed by atoms with Crippen molar-refractivity contribution in [1.29, 1.82) is 0 Å². The zero-order valence-electron chi connectivity index (χ0n) is 15.2. The van der Waals surface area contributed by atoms with Gasteiger partial charge in [0.1, 0.15) is 6.10 Å². The zero-order valence-corrected chi connectivity index (χ0v) is 15.2. The topological polar surface area (TPSA) is 52.7 Å². The Kier molecular flexibility index (Phi) is 4.86. The van der Waals surface area contributed by atoms with Gasteiger partial charge in [-0.25, -0.2) is 0 Å². The van der Waals surface area contributed by atoms with Crippen molar-refractivity contribution in [3.05, 3.63) is 53.2 Å². The average Bonchev–Trinajstić information content (AvgIpc) is 2.97. The van der Waals surface area contributed by atoms with E-state index < -0.39 is 0 Å². The van der Waals surface area contributed by atoms with Crippen molar-refractivity contribution in [2.75, 3.05) is 28.4 Å². The summed E-state index contributed by atoms with van der Waals surface area (Å²) in [5, 5.41) is 1.14. The predicted octanol–water partition coefficient (Wildman–Crippen LogP) is 4.24. The van der Waals surface area contributed by atoms with E-state index in [9.17, 15) is 0 Å². The molecule has 0 unspecified atom stereocenters. The van der Waals surface area contributed by atoms with E-state index in [1.807, 2.05) is 24.3 Å². The minimum atomic E-state index is -0.259. The van der Waals surface area contributed by atoms with Gasteiger partial charge in [-0.15, -0.1) is 0 Å². The molecular weight excluding hydrogens is 318 g/mol. The van der Waals surface area contributed by atoms with Gasteiger partial charge in [0.25, 0.3) is 0 Å². The quantitative estimate of drug-likeness (QED) is 0.729. The van der Waals surface area contributed by atoms with Crippen molar-refractivity contribution >= 4 is 10.9 Å². The van der Waals surface area contributed by atoms with E-state index in [1.165, 1.54) is 0 Å². The van der Waals surface area contributed by atoms with Crippen LogP contribution in [0.1, 0.15) is 22.9 Å². The number of hydrogen-bond acceptors (Lipinski definition) is 4. The van der Waals surface area contributed by atoms with E-state index in [0.29, 0.717) is 17.2 Å². The van der Waals surface area contributed by atoms with Gasteiger partial charge in [0.15, 0.2) is 11.5 Å². The van der Waals surface area contributed by atoms with E-state index in [1.54, 1.807) is 28.4 Å². The van der Waals surface area contributed by atoms with Crippen molar-refractivity contribution in [1.82, 2.24) is 4.98 Å². The number of benzene rings is 2. The van der Waals surface area contributed by atoms with Crippen LogP contribution in [0.4, 0.5) is 0 Å². The molecule has 25 heavy (non-hydrogen) atoms. The molecule has 0 bridgehead atoms. The molecule has 0 aliphatic carbocycles. The van der Waals surface area contributed by atoms with E-state index in [-0.39, 0.29) is 6.10 Å². The van der Waals surface area contributed by atoms with Gasteiger partial charge >= 0.3 is 0 Å². The van der Waals surface area contributed by atoms with Crippen LogP contribution < -0.4 is 14.2 Å². The highest BCUT2D eigenvalue weighted by molar-refractivity contribution is 5.85. The number of nitrogens with one attached hydrogen (secondary N) is 1. The van der Waals surface area contributed by atoms with Crippen LogP contribution in [0.15, 0.2) is 36.4 Å². The summed E-state index contributed by atoms with van der Waals surface area (Å²) in [5.74, 6) is 1.78. The fourth-order valence-electron chi connectivity index (χ4n) is 3.31. The number of aromatic amines is 1. The normalized spacial score (nSPS) is 12.2. The fourth-order valence-corrected chi connectivity index (χ4v) is 3.31. The number of aromatic nitrogens is 1. The first kappa shape index (κ1) is 17.2. The summed E-state index contributed by atoms with van der Waals surface area (Å²) in [7, 11) is 6.52. The molecule has 1 aromatic heterocycles. The predicted molar refractivity (Wildman–Crippen MR) is 98.0 cm³/mol. The standard InChI is InChI=1S/C20H23NO4/c1-12-18(14-8-6-7-9-15(14)21-12)19(24-4)13-10-16(22-2)20(25-5)17(11-13)23-3/h6-11,19,21H,1-5H3/t19-/m0/s1. The monoisotopic (exact) mass is 341 g/mol. The second kappa shape index (κ2) is 7.07. The minimum absolute atomic E-state index is 0.259. The molecule has 1 heterocycles. The number of para-hydroxylation sites is 1. The molecule has 0 saturated heterocycles. The first-order chi connectivity index (χ1) is 12.1. The Labute approximate surface area is 147 Å². The van der Waals surface area contributed by atoms with Crippen LogP contribution >= 0.6 is 0 Å². The molecule has 0 saturated carbocycles. The van der Waals surface area contributed by atoms with Crippen LogP contribution in [0.2, 0.25) is 0 Å². The first-order valence-electron chi connectivity index (χ1n) is 8.04. The van der Waals surface area contributed by atoms with Crippen LogP contribution in [0.3, 0.4) is 0 Å². The van der Waals surface area contributed by atoms with Crippen LogP contribution in [0, 0.1) is 6.92 Å². The molecule has 5 nitrogen and oxygen atoms in total. The smallest absolute Gasteiger partial charge is 0.203 e. The molecule has 0 aliphatic heterocycles. The first-order valence-corrected chi connectivity index (χ1v) is 8.04. The summed E-state index contributed by atoms with van der Waals surface area (Å²) in [4.78, 5) is 3.42. The summed E-state index contributed by atoms with van der Waals surface area (Å²) < 4.78 is 22.2. The molecule has 3 rings (SSSR count). The number of H-pyrrole nitrogens is 1. The van der Waals surface area contributed by atoms with Crippen LogP contribution in [0.25, 0.3) is 10.9 Å². The molecule has 0 amide bonds. The Hall–Kier alpha value is -2.66. The number of ether oxygens (including phenoxy) is 4. The second-order valence-corrected chi connectivity index (χ2v) is 5.78. The lowest BCUT2D eigenvalue weighted by Gasteiger charge is -2.20. The third kappa shape index (κ3) is 2.91. The van der Waals surface area contributed by atoms with Gasteiger partial charge in [0.05, 0.1) is 21.3 Å². The molecule has 3 aromatic rings. The summed E-state index contributed by atoms with van der Waals surface area (Å²) in [5.41, 5.74) is 4.20. The maximum absolute atomic E-state index is 5.87. The van der Waals surface area contributed by atoms with E-state index in [4.69, 9.17) is 18.9 Å². The van der Waals surface area contributed by atoms with Gasteiger partial charge in [-0.3, -0.25) is 0 Å². The van der Waals surface area contributed by atoms with Gasteiger partial charge in [-0.05, 0) is 30.7 Å². The highest BCUT2D eigenvalue weighted by Gasteiger charge is 2.24. The lowest BCUT2D eigenvalue weighted by atomic mass is 9.97. The Balaban J connectivity index is 2.20. The van der Waals surface area contributed by atoms with Crippen molar-refractivity contribution in [2.45, 2.75) is 13.0 Å². The number of aryl methyl sites for hydroxylation is 1. The average molecular weight is 341 g/mol. The van der Waals surface area contributed by atoms with E-state index >= 15 is 0 Å². The van der Waals surface area contributed by atoms with Gasteiger partial charge in [0.2, 0.25) is 5.75 Å². The lowest BCUT2D eigenvalue weighted by molar-refractivity contribution is 0.136. The number of hydrogen-bond donors (Lipinski definition) is 1. The maximum atomic E-state index is 5.87. The molecular formula is C20H23NO4. The molecule has 0 spiro atoms. The molecule has 2 aromatic carbocycles. The molecule has 0 aliphatic rings. The molecule has 0 fully saturated rings. The molecule has 1 N–H and O–H groups in total. The summed E-state index contributed by atoms with van der Waals surface area (Å²) in [6.07, 6.45) is -0.259. The van der Waals surface area contributed by atoms with Crippen molar-refractivity contribution in [2.24, 2.45) is 0 Å². The van der Waals surface area contributed by atoms with Gasteiger partial charge in [-0.2, -0.15) is 0 Å². The number of fused-ring (bicyclic) bond motifs is 1. The van der Waals surface area contributed by atoms with E-state index in [0.717, 1.165) is 27.7 Å². The zero-order chi connectivity index (χ0) is 18.0. The highest BCUT2D eigenvalue weighted by Crippen LogP contribution is 2.43. The van der Waals surface area contributed by atoms with Crippen molar-refractivity contribution < 1.29 is 18.9 Å². The lowest BCUT2D eigenvalue weighted by Crippen LogP contribution is -2.06. The summed E-state index contributed by atoms with van der Waals surface area (Å²) in [6, 6.07) is 12.1. The van der Waals surface area contributed by atoms with Crippen molar-refractivity contribution in [3.63, 3.8) is 0 Å². The molecule has 5 heteroatoms. The number of rotatable bonds is 6. The Bertz CT molecular complexity index is 860. The third-order valence-corrected chi connectivity index (χ3v) is 4.43.